The van der Waals surface area contributed by atoms with Crippen LogP contribution in [0.2, 0.25) is 0 Å². The van der Waals surface area contributed by atoms with Gasteiger partial charge in [0, 0.05) is 0 Å². The first-order chi connectivity index (χ1) is 9.58. The van der Waals surface area contributed by atoms with Crippen LogP contribution in [0.5, 0.6) is 0 Å². The molecule has 0 bridgehead atoms. The summed E-state index contributed by atoms with van der Waals surface area (Å²) in [4.78, 5) is 11.2. The van der Waals surface area contributed by atoms with Gasteiger partial charge in [0.25, 0.3) is 0 Å². The third-order valence-electron chi connectivity index (χ3n) is 2.90. The molecule has 6 nitrogen and oxygen atoms in total. The lowest BCUT2D eigenvalue weighted by atomic mass is 9.88. The molecule has 0 fully saturated rings. The lowest BCUT2D eigenvalue weighted by molar-refractivity contribution is -0.141. The molecule has 0 aromatic heterocycles. The maximum Gasteiger partial charge on any atom is 0.322 e. The van der Waals surface area contributed by atoms with E-state index in [4.69, 9.17) is 5.26 Å². The fraction of sp³-hybridized carbons (Fsp3) is 0.429. The molecule has 0 aliphatic heterocycles. The van der Waals surface area contributed by atoms with Gasteiger partial charge in [-0.25, -0.2) is 8.42 Å². The van der Waals surface area contributed by atoms with Gasteiger partial charge in [0.1, 0.15) is 6.04 Å². The van der Waals surface area contributed by atoms with Crippen LogP contribution in [0.1, 0.15) is 26.3 Å². The van der Waals surface area contributed by atoms with Gasteiger partial charge in [-0.15, -0.1) is 0 Å². The molecule has 114 valence electrons. The van der Waals surface area contributed by atoms with Crippen molar-refractivity contribution in [1.82, 2.24) is 4.72 Å². The molecular formula is C14H18N2O4S. The average Bonchev–Trinajstić information content (AvgIpc) is 2.35. The first-order valence-electron chi connectivity index (χ1n) is 6.29. The van der Waals surface area contributed by atoms with Crippen LogP contribution in [-0.4, -0.2) is 25.5 Å². The number of nitrogens with zero attached hydrogens (tertiary/aromatic N) is 1. The quantitative estimate of drug-likeness (QED) is 0.857. The van der Waals surface area contributed by atoms with E-state index in [1.807, 2.05) is 6.07 Å². The topological polar surface area (TPSA) is 107 Å². The fourth-order valence-corrected chi connectivity index (χ4v) is 3.09. The summed E-state index contributed by atoms with van der Waals surface area (Å²) in [6, 6.07) is 6.51. The molecule has 1 aromatic rings. The highest BCUT2D eigenvalue weighted by atomic mass is 32.2. The van der Waals surface area contributed by atoms with Gasteiger partial charge in [0.05, 0.1) is 17.4 Å². The van der Waals surface area contributed by atoms with Crippen LogP contribution in [0.4, 0.5) is 0 Å². The summed E-state index contributed by atoms with van der Waals surface area (Å²) in [6.07, 6.45) is 0.188. The zero-order valence-corrected chi connectivity index (χ0v) is 12.9. The Morgan fingerprint density at radius 2 is 1.86 bits per heavy atom. The molecule has 0 heterocycles. The molecule has 2 N–H and O–H groups in total. The van der Waals surface area contributed by atoms with Crippen LogP contribution in [0.25, 0.3) is 0 Å². The summed E-state index contributed by atoms with van der Waals surface area (Å²) in [5.41, 5.74) is -0.0679. The Labute approximate surface area is 124 Å². The van der Waals surface area contributed by atoms with Gasteiger partial charge in [-0.2, -0.15) is 9.98 Å². The molecule has 21 heavy (non-hydrogen) atoms. The van der Waals surface area contributed by atoms with Crippen LogP contribution in [0, 0.1) is 16.7 Å². The predicted molar refractivity (Wildman–Crippen MR) is 77.0 cm³/mol. The van der Waals surface area contributed by atoms with E-state index in [-0.39, 0.29) is 11.3 Å². The summed E-state index contributed by atoms with van der Waals surface area (Å²) < 4.78 is 26.7. The largest absolute Gasteiger partial charge is 0.480 e. The Bertz CT molecular complexity index is 652. The zero-order chi connectivity index (χ0) is 16.3. The monoisotopic (exact) mass is 310 g/mol. The number of carboxylic acids is 1. The maximum absolute atomic E-state index is 12.2. The Balaban J connectivity index is 3.05. The number of hydrogen-bond acceptors (Lipinski definition) is 4. The Morgan fingerprint density at radius 3 is 2.24 bits per heavy atom. The van der Waals surface area contributed by atoms with Crippen molar-refractivity contribution in [3.63, 3.8) is 0 Å². The molecule has 0 amide bonds. The molecule has 0 saturated carbocycles. The van der Waals surface area contributed by atoms with Crippen molar-refractivity contribution in [1.29, 1.82) is 5.26 Å². The van der Waals surface area contributed by atoms with Gasteiger partial charge in [0.2, 0.25) is 10.0 Å². The van der Waals surface area contributed by atoms with E-state index >= 15 is 0 Å². The van der Waals surface area contributed by atoms with Crippen molar-refractivity contribution >= 4 is 16.0 Å². The third kappa shape index (κ3) is 4.55. The number of hydrogen-bond donors (Lipinski definition) is 2. The van der Waals surface area contributed by atoms with Crippen molar-refractivity contribution in [2.75, 3.05) is 0 Å². The minimum absolute atomic E-state index is 0.0281. The Kier molecular flexibility index (Phi) is 5.10. The van der Waals surface area contributed by atoms with Crippen LogP contribution in [0.3, 0.4) is 0 Å². The van der Waals surface area contributed by atoms with Crippen LogP contribution in [-0.2, 0) is 21.2 Å². The van der Waals surface area contributed by atoms with Gasteiger partial charge >= 0.3 is 5.97 Å². The fourth-order valence-electron chi connectivity index (χ4n) is 1.70. The minimum atomic E-state index is -3.93. The summed E-state index contributed by atoms with van der Waals surface area (Å²) in [6.45, 7) is 4.93. The Hall–Kier alpha value is -1.91. The highest BCUT2D eigenvalue weighted by molar-refractivity contribution is 7.89. The number of benzene rings is 1. The summed E-state index contributed by atoms with van der Waals surface area (Å²) in [5.74, 6) is -1.23. The molecule has 1 aromatic carbocycles. The molecule has 0 radical (unpaired) electrons. The normalized spacial score (nSPS) is 13.4. The molecule has 7 heteroatoms. The molecule has 1 atom stereocenters. The smallest absolute Gasteiger partial charge is 0.322 e. The number of nitriles is 1. The highest BCUT2D eigenvalue weighted by Gasteiger charge is 2.35. The van der Waals surface area contributed by atoms with Gasteiger partial charge in [-0.1, -0.05) is 32.9 Å². The van der Waals surface area contributed by atoms with Crippen molar-refractivity contribution < 1.29 is 18.3 Å². The van der Waals surface area contributed by atoms with Crippen LogP contribution >= 0.6 is 0 Å². The molecule has 0 spiro atoms. The first-order valence-corrected chi connectivity index (χ1v) is 7.77. The summed E-state index contributed by atoms with van der Waals surface area (Å²) in [5, 5.41) is 17.7. The second kappa shape index (κ2) is 6.24. The maximum atomic E-state index is 12.2. The molecule has 1 rings (SSSR count). The van der Waals surface area contributed by atoms with E-state index in [0.717, 1.165) is 0 Å². The predicted octanol–water partition coefficient (Wildman–Crippen LogP) is 1.53. The highest BCUT2D eigenvalue weighted by Crippen LogP contribution is 2.22. The van der Waals surface area contributed by atoms with E-state index in [0.29, 0.717) is 5.56 Å². The lowest BCUT2D eigenvalue weighted by Gasteiger charge is -2.27. The van der Waals surface area contributed by atoms with Crippen molar-refractivity contribution in [2.24, 2.45) is 5.41 Å². The standard InChI is InChI=1S/C14H18N2O4S/c1-14(2,3)12(13(17)18)16-21(19,20)11-6-4-10(5-7-11)8-9-15/h4-7,12,16H,8H2,1-3H3,(H,17,18)/t12-/m1/s1. The average molecular weight is 310 g/mol. The van der Waals surface area contributed by atoms with Crippen LogP contribution < -0.4 is 4.72 Å². The molecule has 0 unspecified atom stereocenters. The number of carbonyl (C=O) groups is 1. The van der Waals surface area contributed by atoms with Crippen LogP contribution in [0.15, 0.2) is 29.2 Å². The van der Waals surface area contributed by atoms with Crippen molar-refractivity contribution in [3.8, 4) is 6.07 Å². The number of sulfonamides is 1. The zero-order valence-electron chi connectivity index (χ0n) is 12.1. The van der Waals surface area contributed by atoms with Crippen molar-refractivity contribution in [3.05, 3.63) is 29.8 Å². The molecule has 0 saturated heterocycles. The summed E-state index contributed by atoms with van der Waals surface area (Å²) in [7, 11) is -3.93. The molecule has 0 aliphatic rings. The van der Waals surface area contributed by atoms with E-state index in [2.05, 4.69) is 4.72 Å². The second-order valence-corrected chi connectivity index (χ2v) is 7.45. The second-order valence-electron chi connectivity index (χ2n) is 5.74. The lowest BCUT2D eigenvalue weighted by Crippen LogP contribution is -2.48. The van der Waals surface area contributed by atoms with E-state index < -0.39 is 27.4 Å². The number of aliphatic carboxylic acids is 1. The summed E-state index contributed by atoms with van der Waals surface area (Å²) >= 11 is 0. The van der Waals surface area contributed by atoms with Gasteiger partial charge < -0.3 is 5.11 Å². The first kappa shape index (κ1) is 17.1. The number of rotatable bonds is 5. The Morgan fingerprint density at radius 1 is 1.33 bits per heavy atom. The van der Waals surface area contributed by atoms with Gasteiger partial charge in [0.15, 0.2) is 0 Å². The van der Waals surface area contributed by atoms with Gasteiger partial charge in [-0.3, -0.25) is 4.79 Å². The van der Waals surface area contributed by atoms with E-state index in [1.165, 1.54) is 24.3 Å². The van der Waals surface area contributed by atoms with Crippen molar-refractivity contribution in [2.45, 2.75) is 38.1 Å². The number of carboxylic acid groups (broad SMARTS) is 1. The van der Waals surface area contributed by atoms with Gasteiger partial charge in [-0.05, 0) is 23.1 Å². The number of nitrogens with one attached hydrogen (secondary N) is 1. The third-order valence-corrected chi connectivity index (χ3v) is 4.34. The van der Waals surface area contributed by atoms with E-state index in [9.17, 15) is 18.3 Å². The molecule has 0 aliphatic carbocycles. The minimum Gasteiger partial charge on any atom is -0.480 e. The van der Waals surface area contributed by atoms with E-state index in [1.54, 1.807) is 20.8 Å². The molecular weight excluding hydrogens is 292 g/mol. The SMILES string of the molecule is CC(C)(C)[C@H](NS(=O)(=O)c1ccc(CC#N)cc1)C(=O)O.